The average Bonchev–Trinajstić information content (AvgIpc) is 2.44. The number of halogens is 3. The Morgan fingerprint density at radius 3 is 2.14 bits per heavy atom. The minimum absolute atomic E-state index is 0.0625. The molecular formula is C14H10Cl2FN3O. The van der Waals surface area contributed by atoms with Gasteiger partial charge in [-0.25, -0.2) is 4.98 Å². The molecule has 0 aliphatic carbocycles. The van der Waals surface area contributed by atoms with Crippen LogP contribution in [0.4, 0.5) is 4.39 Å². The molecule has 0 aromatic carbocycles. The fourth-order valence-corrected chi connectivity index (χ4v) is 2.09. The lowest BCUT2D eigenvalue weighted by atomic mass is 9.84. The lowest BCUT2D eigenvalue weighted by Gasteiger charge is -2.34. The zero-order valence-corrected chi connectivity index (χ0v) is 12.3. The second-order valence-corrected chi connectivity index (χ2v) is 5.11. The molecule has 2 aromatic rings. The second-order valence-electron chi connectivity index (χ2n) is 4.30. The monoisotopic (exact) mass is 325 g/mol. The molecule has 7 heteroatoms. The van der Waals surface area contributed by atoms with E-state index in [4.69, 9.17) is 33.2 Å². The highest BCUT2D eigenvalue weighted by Gasteiger charge is 2.43. The molecule has 2 aromatic heterocycles. The van der Waals surface area contributed by atoms with Crippen LogP contribution in [0.25, 0.3) is 0 Å². The third-order valence-corrected chi connectivity index (χ3v) is 3.42. The van der Waals surface area contributed by atoms with Crippen molar-refractivity contribution in [2.24, 2.45) is 0 Å². The SMILES string of the molecule is Fc1ncccc1Cl.N#CC1(c2ncccc2Cl)COC1. The topological polar surface area (TPSA) is 58.8 Å². The summed E-state index contributed by atoms with van der Waals surface area (Å²) in [6, 6.07) is 8.71. The number of pyridine rings is 2. The Labute approximate surface area is 131 Å². The van der Waals surface area contributed by atoms with Crippen LogP contribution in [-0.2, 0) is 10.2 Å². The van der Waals surface area contributed by atoms with Crippen LogP contribution in [0.1, 0.15) is 5.69 Å². The predicted molar refractivity (Wildman–Crippen MR) is 76.6 cm³/mol. The first-order chi connectivity index (χ1) is 10.1. The van der Waals surface area contributed by atoms with Gasteiger partial charge in [-0.2, -0.15) is 9.65 Å². The van der Waals surface area contributed by atoms with E-state index >= 15 is 0 Å². The van der Waals surface area contributed by atoms with Gasteiger partial charge in [0.15, 0.2) is 0 Å². The maximum atomic E-state index is 12.1. The summed E-state index contributed by atoms with van der Waals surface area (Å²) in [5.41, 5.74) is 0.0173. The van der Waals surface area contributed by atoms with Crippen LogP contribution in [0.2, 0.25) is 10.0 Å². The van der Waals surface area contributed by atoms with Gasteiger partial charge in [0.25, 0.3) is 0 Å². The molecule has 3 heterocycles. The third-order valence-electron chi connectivity index (χ3n) is 2.84. The van der Waals surface area contributed by atoms with Gasteiger partial charge in [-0.1, -0.05) is 23.2 Å². The summed E-state index contributed by atoms with van der Waals surface area (Å²) in [7, 11) is 0. The predicted octanol–water partition coefficient (Wildman–Crippen LogP) is 3.40. The summed E-state index contributed by atoms with van der Waals surface area (Å²) in [6.07, 6.45) is 2.99. The molecule has 0 spiro atoms. The van der Waals surface area contributed by atoms with Crippen LogP contribution >= 0.6 is 23.2 Å². The van der Waals surface area contributed by atoms with E-state index in [2.05, 4.69) is 16.0 Å². The van der Waals surface area contributed by atoms with E-state index in [9.17, 15) is 4.39 Å². The van der Waals surface area contributed by atoms with E-state index in [1.165, 1.54) is 12.3 Å². The summed E-state index contributed by atoms with van der Waals surface area (Å²) in [4.78, 5) is 7.39. The van der Waals surface area contributed by atoms with Gasteiger partial charge in [-0.15, -0.1) is 0 Å². The van der Waals surface area contributed by atoms with Crippen LogP contribution in [0.15, 0.2) is 36.7 Å². The average molecular weight is 326 g/mol. The first kappa shape index (κ1) is 15.6. The molecule has 0 bridgehead atoms. The summed E-state index contributed by atoms with van der Waals surface area (Å²) >= 11 is 11.2. The number of hydrogen-bond donors (Lipinski definition) is 0. The first-order valence-corrected chi connectivity index (χ1v) is 6.71. The fourth-order valence-electron chi connectivity index (χ4n) is 1.66. The molecule has 0 atom stereocenters. The Hall–Kier alpha value is -1.74. The smallest absolute Gasteiger partial charge is 0.231 e. The minimum atomic E-state index is -0.617. The highest BCUT2D eigenvalue weighted by molar-refractivity contribution is 6.31. The summed E-state index contributed by atoms with van der Waals surface area (Å²) in [6.45, 7) is 0.778. The zero-order valence-electron chi connectivity index (χ0n) is 10.8. The molecule has 21 heavy (non-hydrogen) atoms. The molecular weight excluding hydrogens is 316 g/mol. The van der Waals surface area contributed by atoms with Crippen molar-refractivity contribution in [1.29, 1.82) is 5.26 Å². The molecule has 1 aliphatic heterocycles. The van der Waals surface area contributed by atoms with Crippen LogP contribution in [0.5, 0.6) is 0 Å². The van der Waals surface area contributed by atoms with Crippen molar-refractivity contribution in [3.63, 3.8) is 0 Å². The second kappa shape index (κ2) is 6.81. The summed E-state index contributed by atoms with van der Waals surface area (Å²) in [5.74, 6) is -0.617. The van der Waals surface area contributed by atoms with Crippen molar-refractivity contribution >= 4 is 23.2 Å². The van der Waals surface area contributed by atoms with Gasteiger partial charge < -0.3 is 4.74 Å². The van der Waals surface area contributed by atoms with Crippen LogP contribution in [0.3, 0.4) is 0 Å². The van der Waals surface area contributed by atoms with Gasteiger partial charge in [-0.3, -0.25) is 4.98 Å². The molecule has 108 valence electrons. The molecule has 1 fully saturated rings. The molecule has 3 rings (SSSR count). The Morgan fingerprint density at radius 1 is 1.14 bits per heavy atom. The molecule has 1 aliphatic rings. The van der Waals surface area contributed by atoms with Crippen molar-refractivity contribution in [2.75, 3.05) is 13.2 Å². The largest absolute Gasteiger partial charge is 0.377 e. The Kier molecular flexibility index (Phi) is 5.07. The highest BCUT2D eigenvalue weighted by Crippen LogP contribution is 2.34. The summed E-state index contributed by atoms with van der Waals surface area (Å²) < 4.78 is 17.1. The Bertz CT molecular complexity index is 650. The van der Waals surface area contributed by atoms with Crippen LogP contribution in [0, 0.1) is 17.3 Å². The normalized spacial score (nSPS) is 15.1. The maximum Gasteiger partial charge on any atom is 0.231 e. The van der Waals surface area contributed by atoms with Crippen LogP contribution < -0.4 is 0 Å². The van der Waals surface area contributed by atoms with Gasteiger partial charge >= 0.3 is 0 Å². The van der Waals surface area contributed by atoms with E-state index in [-0.39, 0.29) is 5.02 Å². The lowest BCUT2D eigenvalue weighted by molar-refractivity contribution is -0.0317. The minimum Gasteiger partial charge on any atom is -0.377 e. The van der Waals surface area contributed by atoms with Gasteiger partial charge in [0.05, 0.1) is 35.0 Å². The number of nitrogens with zero attached hydrogens (tertiary/aromatic N) is 3. The number of rotatable bonds is 1. The number of nitriles is 1. The van der Waals surface area contributed by atoms with E-state index in [0.29, 0.717) is 23.9 Å². The first-order valence-electron chi connectivity index (χ1n) is 5.95. The van der Waals surface area contributed by atoms with Gasteiger partial charge in [0.1, 0.15) is 5.41 Å². The zero-order chi connectivity index (χ0) is 15.3. The van der Waals surface area contributed by atoms with Gasteiger partial charge in [-0.05, 0) is 24.3 Å². The molecule has 0 N–H and O–H groups in total. The highest BCUT2D eigenvalue weighted by atomic mass is 35.5. The summed E-state index contributed by atoms with van der Waals surface area (Å²) in [5, 5.41) is 9.58. The van der Waals surface area contributed by atoms with Crippen LogP contribution in [-0.4, -0.2) is 23.2 Å². The van der Waals surface area contributed by atoms with Crippen molar-refractivity contribution in [2.45, 2.75) is 5.41 Å². The standard InChI is InChI=1S/C9H7ClN2O.C5H3ClFN/c10-7-2-1-3-12-8(7)9(4-11)5-13-6-9;6-4-2-1-3-8-5(4)7/h1-3H,5-6H2;1-3H. The molecule has 1 saturated heterocycles. The van der Waals surface area contributed by atoms with Crippen molar-refractivity contribution in [1.82, 2.24) is 9.97 Å². The van der Waals surface area contributed by atoms with Gasteiger partial charge in [0, 0.05) is 12.4 Å². The lowest BCUT2D eigenvalue weighted by Crippen LogP contribution is -2.46. The Morgan fingerprint density at radius 2 is 1.76 bits per heavy atom. The van der Waals surface area contributed by atoms with E-state index in [1.54, 1.807) is 24.4 Å². The van der Waals surface area contributed by atoms with Crippen molar-refractivity contribution in [3.8, 4) is 6.07 Å². The van der Waals surface area contributed by atoms with Crippen molar-refractivity contribution in [3.05, 3.63) is 58.3 Å². The quantitative estimate of drug-likeness (QED) is 0.754. The number of ether oxygens (including phenoxy) is 1. The molecule has 0 radical (unpaired) electrons. The fraction of sp³-hybridized carbons (Fsp3) is 0.214. The van der Waals surface area contributed by atoms with E-state index < -0.39 is 11.4 Å². The molecule has 0 amide bonds. The van der Waals surface area contributed by atoms with Crippen molar-refractivity contribution < 1.29 is 9.13 Å². The molecule has 0 saturated carbocycles. The van der Waals surface area contributed by atoms with E-state index in [0.717, 1.165) is 0 Å². The number of aromatic nitrogens is 2. The molecule has 0 unspecified atom stereocenters. The number of hydrogen-bond acceptors (Lipinski definition) is 4. The van der Waals surface area contributed by atoms with Gasteiger partial charge in [0.2, 0.25) is 5.95 Å². The maximum absolute atomic E-state index is 12.1. The van der Waals surface area contributed by atoms with E-state index in [1.807, 2.05) is 0 Å². The third kappa shape index (κ3) is 3.48. The Balaban J connectivity index is 0.000000173. The molecule has 4 nitrogen and oxygen atoms in total.